The SMILES string of the molecule is NC(=O)CCN(C(=O)CSc1ncnc2ccsc12)c1ccc(F)cc1. The van der Waals surface area contributed by atoms with Gasteiger partial charge in [-0.05, 0) is 35.7 Å². The van der Waals surface area contributed by atoms with Crippen molar-refractivity contribution < 1.29 is 14.0 Å². The minimum atomic E-state index is -0.506. The van der Waals surface area contributed by atoms with Crippen molar-refractivity contribution >= 4 is 50.8 Å². The molecule has 6 nitrogen and oxygen atoms in total. The summed E-state index contributed by atoms with van der Waals surface area (Å²) >= 11 is 2.81. The van der Waals surface area contributed by atoms with E-state index >= 15 is 0 Å². The lowest BCUT2D eigenvalue weighted by molar-refractivity contribution is -0.118. The molecule has 0 saturated heterocycles. The zero-order valence-electron chi connectivity index (χ0n) is 13.6. The van der Waals surface area contributed by atoms with Gasteiger partial charge >= 0.3 is 0 Å². The van der Waals surface area contributed by atoms with E-state index in [1.54, 1.807) is 0 Å². The van der Waals surface area contributed by atoms with E-state index in [-0.39, 0.29) is 24.6 Å². The number of nitrogens with zero attached hydrogens (tertiary/aromatic N) is 3. The second-order valence-electron chi connectivity index (χ2n) is 5.34. The first-order valence-corrected chi connectivity index (χ1v) is 9.56. The number of benzene rings is 1. The maximum atomic E-state index is 13.2. The van der Waals surface area contributed by atoms with Crippen LogP contribution in [0, 0.1) is 5.82 Å². The number of anilines is 1. The Balaban J connectivity index is 1.75. The van der Waals surface area contributed by atoms with Crippen molar-refractivity contribution in [2.24, 2.45) is 5.73 Å². The van der Waals surface area contributed by atoms with Crippen LogP contribution in [-0.4, -0.2) is 34.1 Å². The van der Waals surface area contributed by atoms with Crippen molar-refractivity contribution in [1.82, 2.24) is 9.97 Å². The van der Waals surface area contributed by atoms with E-state index in [4.69, 9.17) is 5.73 Å². The molecule has 0 radical (unpaired) electrons. The highest BCUT2D eigenvalue weighted by Gasteiger charge is 2.18. The molecule has 0 aliphatic heterocycles. The molecule has 1 aromatic carbocycles. The van der Waals surface area contributed by atoms with E-state index in [0.717, 1.165) is 15.2 Å². The molecule has 2 amide bonds. The van der Waals surface area contributed by atoms with Crippen molar-refractivity contribution in [3.63, 3.8) is 0 Å². The van der Waals surface area contributed by atoms with E-state index < -0.39 is 11.7 Å². The van der Waals surface area contributed by atoms with Gasteiger partial charge in [0.25, 0.3) is 0 Å². The van der Waals surface area contributed by atoms with Crippen molar-refractivity contribution in [3.05, 3.63) is 47.9 Å². The monoisotopic (exact) mass is 390 g/mol. The molecule has 134 valence electrons. The van der Waals surface area contributed by atoms with Gasteiger partial charge in [0, 0.05) is 18.7 Å². The van der Waals surface area contributed by atoms with Gasteiger partial charge in [-0.25, -0.2) is 14.4 Å². The predicted molar refractivity (Wildman–Crippen MR) is 101 cm³/mol. The Bertz CT molecular complexity index is 930. The van der Waals surface area contributed by atoms with Crippen LogP contribution in [-0.2, 0) is 9.59 Å². The van der Waals surface area contributed by atoms with Crippen molar-refractivity contribution in [3.8, 4) is 0 Å². The zero-order chi connectivity index (χ0) is 18.5. The highest BCUT2D eigenvalue weighted by Crippen LogP contribution is 2.29. The predicted octanol–water partition coefficient (Wildman–Crippen LogP) is 2.83. The summed E-state index contributed by atoms with van der Waals surface area (Å²) in [5.41, 5.74) is 6.55. The van der Waals surface area contributed by atoms with Gasteiger partial charge in [0.05, 0.1) is 16.0 Å². The summed E-state index contributed by atoms with van der Waals surface area (Å²) in [6.45, 7) is 0.137. The largest absolute Gasteiger partial charge is 0.370 e. The van der Waals surface area contributed by atoms with Gasteiger partial charge in [-0.1, -0.05) is 11.8 Å². The minimum absolute atomic E-state index is 0.0243. The average molecular weight is 390 g/mol. The number of carbonyl (C=O) groups is 2. The van der Waals surface area contributed by atoms with Crippen LogP contribution in [0.15, 0.2) is 47.1 Å². The minimum Gasteiger partial charge on any atom is -0.370 e. The van der Waals surface area contributed by atoms with E-state index in [2.05, 4.69) is 9.97 Å². The van der Waals surface area contributed by atoms with E-state index in [1.165, 1.54) is 58.6 Å². The van der Waals surface area contributed by atoms with Gasteiger partial charge in [0.15, 0.2) is 0 Å². The number of thioether (sulfide) groups is 1. The number of nitrogens with two attached hydrogens (primary N) is 1. The molecule has 3 rings (SSSR count). The van der Waals surface area contributed by atoms with Gasteiger partial charge in [-0.2, -0.15) is 0 Å². The zero-order valence-corrected chi connectivity index (χ0v) is 15.2. The number of carbonyl (C=O) groups excluding carboxylic acids is 2. The number of fused-ring (bicyclic) bond motifs is 1. The Kier molecular flexibility index (Phi) is 5.79. The standard InChI is InChI=1S/C17H15FN4O2S2/c18-11-1-3-12(4-2-11)22(7-5-14(19)23)15(24)9-26-17-16-13(6-8-25-16)20-10-21-17/h1-4,6,8,10H,5,7,9H2,(H2,19,23). The third-order valence-corrected chi connectivity index (χ3v) is 5.58. The molecule has 0 atom stereocenters. The quantitative estimate of drug-likeness (QED) is 0.495. The third kappa shape index (κ3) is 4.36. The Morgan fingerprint density at radius 3 is 2.69 bits per heavy atom. The van der Waals surface area contributed by atoms with E-state index in [0.29, 0.717) is 5.69 Å². The maximum Gasteiger partial charge on any atom is 0.237 e. The summed E-state index contributed by atoms with van der Waals surface area (Å²) in [7, 11) is 0. The number of amides is 2. The molecule has 0 unspecified atom stereocenters. The number of thiophene rings is 1. The summed E-state index contributed by atoms with van der Waals surface area (Å²) in [5, 5.41) is 2.65. The fraction of sp³-hybridized carbons (Fsp3) is 0.176. The lowest BCUT2D eigenvalue weighted by atomic mass is 10.2. The topological polar surface area (TPSA) is 89.2 Å². The smallest absolute Gasteiger partial charge is 0.237 e. The first kappa shape index (κ1) is 18.3. The summed E-state index contributed by atoms with van der Waals surface area (Å²) in [4.78, 5) is 33.7. The summed E-state index contributed by atoms with van der Waals surface area (Å²) < 4.78 is 14.1. The molecule has 0 bridgehead atoms. The fourth-order valence-electron chi connectivity index (χ4n) is 2.32. The normalized spacial score (nSPS) is 10.8. The molecule has 0 spiro atoms. The lowest BCUT2D eigenvalue weighted by Gasteiger charge is -2.22. The Hall–Kier alpha value is -2.52. The van der Waals surface area contributed by atoms with E-state index in [1.807, 2.05) is 11.4 Å². The third-order valence-electron chi connectivity index (χ3n) is 3.56. The lowest BCUT2D eigenvalue weighted by Crippen LogP contribution is -2.35. The Labute approximate surface area is 157 Å². The molecule has 0 aliphatic rings. The molecule has 2 N–H and O–H groups in total. The molecule has 0 saturated carbocycles. The molecule has 2 heterocycles. The van der Waals surface area contributed by atoms with Crippen LogP contribution in [0.4, 0.5) is 10.1 Å². The van der Waals surface area contributed by atoms with Gasteiger partial charge in [-0.3, -0.25) is 9.59 Å². The molecule has 3 aromatic rings. The summed E-state index contributed by atoms with van der Waals surface area (Å²) in [5.74, 6) is -0.994. The van der Waals surface area contributed by atoms with Crippen LogP contribution < -0.4 is 10.6 Å². The van der Waals surface area contributed by atoms with Crippen molar-refractivity contribution in [1.29, 1.82) is 0 Å². The van der Waals surface area contributed by atoms with Crippen LogP contribution in [0.2, 0.25) is 0 Å². The van der Waals surface area contributed by atoms with Gasteiger partial charge < -0.3 is 10.6 Å². The molecular weight excluding hydrogens is 375 g/mol. The van der Waals surface area contributed by atoms with Crippen molar-refractivity contribution in [2.45, 2.75) is 11.4 Å². The van der Waals surface area contributed by atoms with Crippen LogP contribution in [0.5, 0.6) is 0 Å². The number of aromatic nitrogens is 2. The Morgan fingerprint density at radius 1 is 1.19 bits per heavy atom. The molecule has 2 aromatic heterocycles. The second kappa shape index (κ2) is 8.24. The van der Waals surface area contributed by atoms with Crippen LogP contribution in [0.3, 0.4) is 0 Å². The molecule has 0 fully saturated rings. The second-order valence-corrected chi connectivity index (χ2v) is 7.22. The number of hydrogen-bond acceptors (Lipinski definition) is 6. The van der Waals surface area contributed by atoms with Crippen LogP contribution in [0.25, 0.3) is 10.2 Å². The first-order chi connectivity index (χ1) is 12.5. The van der Waals surface area contributed by atoms with Gasteiger partial charge in [0.1, 0.15) is 17.2 Å². The number of rotatable bonds is 7. The average Bonchev–Trinajstić information content (AvgIpc) is 3.10. The van der Waals surface area contributed by atoms with Crippen LogP contribution in [0.1, 0.15) is 6.42 Å². The van der Waals surface area contributed by atoms with Crippen LogP contribution >= 0.6 is 23.1 Å². The molecule has 9 heteroatoms. The molecular formula is C17H15FN4O2S2. The number of hydrogen-bond donors (Lipinski definition) is 1. The Morgan fingerprint density at radius 2 is 1.96 bits per heavy atom. The number of primary amides is 1. The fourth-order valence-corrected chi connectivity index (χ4v) is 4.14. The molecule has 26 heavy (non-hydrogen) atoms. The summed E-state index contributed by atoms with van der Waals surface area (Å²) in [6, 6.07) is 7.44. The highest BCUT2D eigenvalue weighted by atomic mass is 32.2. The van der Waals surface area contributed by atoms with E-state index in [9.17, 15) is 14.0 Å². The summed E-state index contributed by atoms with van der Waals surface area (Å²) in [6.07, 6.45) is 1.49. The molecule has 0 aliphatic carbocycles. The first-order valence-electron chi connectivity index (χ1n) is 7.70. The maximum absolute atomic E-state index is 13.2. The van der Waals surface area contributed by atoms with Gasteiger partial charge in [-0.15, -0.1) is 11.3 Å². The highest BCUT2D eigenvalue weighted by molar-refractivity contribution is 8.00. The van der Waals surface area contributed by atoms with Gasteiger partial charge in [0.2, 0.25) is 11.8 Å². The number of halogens is 1. The van der Waals surface area contributed by atoms with Crippen molar-refractivity contribution in [2.75, 3.05) is 17.2 Å².